The second kappa shape index (κ2) is 6.46. The zero-order valence-electron chi connectivity index (χ0n) is 14.2. The molecule has 2 saturated heterocycles. The molecule has 2 N–H and O–H groups in total. The second-order valence-electron chi connectivity index (χ2n) is 6.82. The van der Waals surface area contributed by atoms with Crippen LogP contribution in [0.4, 0.5) is 16.5 Å². The lowest BCUT2D eigenvalue weighted by atomic mass is 9.92. The number of rotatable bonds is 2. The summed E-state index contributed by atoms with van der Waals surface area (Å²) in [6.07, 6.45) is 1.91. The topological polar surface area (TPSA) is 98.9 Å². The first kappa shape index (κ1) is 17.1. The fraction of sp³-hybridized carbons (Fsp3) is 0.471. The molecule has 2 aliphatic heterocycles. The number of piperidine rings is 1. The molecule has 1 aromatic carbocycles. The van der Waals surface area contributed by atoms with Crippen LogP contribution in [0.1, 0.15) is 26.2 Å². The Balaban J connectivity index is 1.64. The van der Waals surface area contributed by atoms with Crippen molar-refractivity contribution in [3.8, 4) is 0 Å². The number of amides is 2. The number of carbonyl (C=O) groups excluding carboxylic acids is 1. The van der Waals surface area contributed by atoms with Crippen molar-refractivity contribution in [2.45, 2.75) is 38.3 Å². The summed E-state index contributed by atoms with van der Waals surface area (Å²) in [4.78, 5) is 31.0. The van der Waals surface area contributed by atoms with Crippen LogP contribution in [-0.4, -0.2) is 52.2 Å². The van der Waals surface area contributed by atoms with Crippen LogP contribution >= 0.6 is 15.9 Å². The predicted molar refractivity (Wildman–Crippen MR) is 99.5 cm³/mol. The molecular weight excluding hydrogens is 404 g/mol. The lowest BCUT2D eigenvalue weighted by Gasteiger charge is -2.48. The van der Waals surface area contributed by atoms with E-state index in [1.165, 1.54) is 6.92 Å². The third kappa shape index (κ3) is 3.00. The highest BCUT2D eigenvalue weighted by molar-refractivity contribution is 9.10. The molecule has 0 radical (unpaired) electrons. The zero-order valence-corrected chi connectivity index (χ0v) is 15.8. The SMILES string of the molecule is CC(=O)Nc1cc(Br)c2oc(N3CC4CCCC(C3)N4C(=O)O)nc2c1. The summed E-state index contributed by atoms with van der Waals surface area (Å²) in [5, 5.41) is 12.2. The van der Waals surface area contributed by atoms with Crippen molar-refractivity contribution in [2.24, 2.45) is 0 Å². The molecule has 1 aromatic heterocycles. The Bertz CT molecular complexity index is 869. The number of hydrogen-bond donors (Lipinski definition) is 2. The molecule has 2 amide bonds. The lowest BCUT2D eigenvalue weighted by molar-refractivity contribution is -0.114. The molecule has 9 heteroatoms. The maximum absolute atomic E-state index is 11.5. The Labute approximate surface area is 158 Å². The highest BCUT2D eigenvalue weighted by Gasteiger charge is 2.41. The van der Waals surface area contributed by atoms with E-state index < -0.39 is 6.09 Å². The average Bonchev–Trinajstić information content (AvgIpc) is 2.97. The molecule has 2 atom stereocenters. The van der Waals surface area contributed by atoms with Crippen LogP contribution in [-0.2, 0) is 4.79 Å². The van der Waals surface area contributed by atoms with Gasteiger partial charge in [0.15, 0.2) is 5.58 Å². The molecule has 2 aromatic rings. The number of carbonyl (C=O) groups is 2. The number of hydrogen-bond acceptors (Lipinski definition) is 5. The first-order chi connectivity index (χ1) is 12.4. The number of fused-ring (bicyclic) bond motifs is 3. The molecule has 2 aliphatic rings. The van der Waals surface area contributed by atoms with Crippen LogP contribution in [0.5, 0.6) is 0 Å². The maximum Gasteiger partial charge on any atom is 0.407 e. The summed E-state index contributed by atoms with van der Waals surface area (Å²) in [7, 11) is 0. The van der Waals surface area contributed by atoms with Gasteiger partial charge in [0.2, 0.25) is 5.91 Å². The second-order valence-corrected chi connectivity index (χ2v) is 7.67. The average molecular weight is 423 g/mol. The van der Waals surface area contributed by atoms with Gasteiger partial charge in [0, 0.05) is 25.7 Å². The van der Waals surface area contributed by atoms with E-state index in [9.17, 15) is 14.7 Å². The minimum Gasteiger partial charge on any atom is -0.465 e. The molecule has 2 fully saturated rings. The minimum absolute atomic E-state index is 0.0339. The number of anilines is 2. The summed E-state index contributed by atoms with van der Waals surface area (Å²) in [5.41, 5.74) is 1.90. The van der Waals surface area contributed by atoms with E-state index in [0.29, 0.717) is 40.4 Å². The van der Waals surface area contributed by atoms with Gasteiger partial charge in [-0.25, -0.2) is 4.79 Å². The lowest BCUT2D eigenvalue weighted by Crippen LogP contribution is -2.62. The van der Waals surface area contributed by atoms with Crippen LogP contribution < -0.4 is 10.2 Å². The van der Waals surface area contributed by atoms with E-state index in [-0.39, 0.29) is 18.0 Å². The summed E-state index contributed by atoms with van der Waals surface area (Å²) < 4.78 is 6.66. The largest absolute Gasteiger partial charge is 0.465 e. The number of piperazine rings is 1. The predicted octanol–water partition coefficient (Wildman–Crippen LogP) is 3.27. The smallest absolute Gasteiger partial charge is 0.407 e. The summed E-state index contributed by atoms with van der Waals surface area (Å²) in [6.45, 7) is 2.60. The monoisotopic (exact) mass is 422 g/mol. The van der Waals surface area contributed by atoms with Gasteiger partial charge in [-0.2, -0.15) is 4.98 Å². The van der Waals surface area contributed by atoms with Gasteiger partial charge in [-0.1, -0.05) is 0 Å². The first-order valence-electron chi connectivity index (χ1n) is 8.56. The Morgan fingerprint density at radius 2 is 2.00 bits per heavy atom. The number of oxazole rings is 1. The van der Waals surface area contributed by atoms with Crippen molar-refractivity contribution in [2.75, 3.05) is 23.3 Å². The van der Waals surface area contributed by atoms with Gasteiger partial charge in [-0.3, -0.25) is 9.69 Å². The molecule has 3 heterocycles. The van der Waals surface area contributed by atoms with E-state index in [4.69, 9.17) is 4.42 Å². The molecule has 8 nitrogen and oxygen atoms in total. The highest BCUT2D eigenvalue weighted by Crippen LogP contribution is 2.35. The van der Waals surface area contributed by atoms with Crippen LogP contribution in [0.15, 0.2) is 21.0 Å². The van der Waals surface area contributed by atoms with E-state index >= 15 is 0 Å². The van der Waals surface area contributed by atoms with Crippen LogP contribution in [0.3, 0.4) is 0 Å². The number of halogens is 1. The zero-order chi connectivity index (χ0) is 18.4. The van der Waals surface area contributed by atoms with Crippen molar-refractivity contribution in [3.63, 3.8) is 0 Å². The summed E-state index contributed by atoms with van der Waals surface area (Å²) in [6, 6.07) is 3.96. The van der Waals surface area contributed by atoms with Crippen LogP contribution in [0.25, 0.3) is 11.1 Å². The van der Waals surface area contributed by atoms with Crippen molar-refractivity contribution in [3.05, 3.63) is 16.6 Å². The fourth-order valence-corrected chi connectivity index (χ4v) is 4.50. The normalized spacial score (nSPS) is 22.5. The molecule has 26 heavy (non-hydrogen) atoms. The van der Waals surface area contributed by atoms with E-state index in [1.54, 1.807) is 17.0 Å². The third-order valence-electron chi connectivity index (χ3n) is 4.97. The number of nitrogens with one attached hydrogen (secondary N) is 1. The van der Waals surface area contributed by atoms with Crippen LogP contribution in [0.2, 0.25) is 0 Å². The molecular formula is C17H19BrN4O4. The van der Waals surface area contributed by atoms with Crippen molar-refractivity contribution in [1.82, 2.24) is 9.88 Å². The molecule has 4 rings (SSSR count). The third-order valence-corrected chi connectivity index (χ3v) is 5.56. The van der Waals surface area contributed by atoms with E-state index in [1.807, 2.05) is 4.90 Å². The molecule has 0 aliphatic carbocycles. The Hall–Kier alpha value is -2.29. The van der Waals surface area contributed by atoms with E-state index in [0.717, 1.165) is 19.3 Å². The first-order valence-corrected chi connectivity index (χ1v) is 9.35. The number of benzene rings is 1. The molecule has 0 spiro atoms. The van der Waals surface area contributed by atoms with Crippen molar-refractivity contribution >= 4 is 50.7 Å². The molecule has 2 bridgehead atoms. The van der Waals surface area contributed by atoms with Crippen LogP contribution in [0, 0.1) is 0 Å². The number of carboxylic acid groups (broad SMARTS) is 1. The van der Waals surface area contributed by atoms with Gasteiger partial charge in [0.1, 0.15) is 5.52 Å². The van der Waals surface area contributed by atoms with Gasteiger partial charge in [-0.15, -0.1) is 0 Å². The Morgan fingerprint density at radius 1 is 1.31 bits per heavy atom. The van der Waals surface area contributed by atoms with Crippen molar-refractivity contribution in [1.29, 1.82) is 0 Å². The van der Waals surface area contributed by atoms with E-state index in [2.05, 4.69) is 26.2 Å². The van der Waals surface area contributed by atoms with Gasteiger partial charge in [0.25, 0.3) is 6.01 Å². The van der Waals surface area contributed by atoms with Gasteiger partial charge < -0.3 is 19.7 Å². The molecule has 0 saturated carbocycles. The standard InChI is InChI=1S/C17H19BrN4O4/c1-9(23)19-10-5-13(18)15-14(6-10)20-16(26-15)21-7-11-3-2-4-12(8-21)22(11)17(24)25/h5-6,11-12H,2-4,7-8H2,1H3,(H,19,23)(H,24,25). The minimum atomic E-state index is -0.848. The quantitative estimate of drug-likeness (QED) is 0.770. The number of aromatic nitrogens is 1. The van der Waals surface area contributed by atoms with Crippen molar-refractivity contribution < 1.29 is 19.1 Å². The summed E-state index contributed by atoms with van der Waals surface area (Å²) in [5.74, 6) is -0.155. The van der Waals surface area contributed by atoms with Gasteiger partial charge >= 0.3 is 6.09 Å². The van der Waals surface area contributed by atoms with Gasteiger partial charge in [0.05, 0.1) is 16.6 Å². The Morgan fingerprint density at radius 3 is 2.62 bits per heavy atom. The molecule has 138 valence electrons. The fourth-order valence-electron chi connectivity index (χ4n) is 3.97. The number of nitrogens with zero attached hydrogens (tertiary/aromatic N) is 3. The summed E-state index contributed by atoms with van der Waals surface area (Å²) >= 11 is 3.46. The van der Waals surface area contributed by atoms with Gasteiger partial charge in [-0.05, 0) is 47.3 Å². The highest BCUT2D eigenvalue weighted by atomic mass is 79.9. The maximum atomic E-state index is 11.5. The molecule has 2 unspecified atom stereocenters. The Kier molecular flexibility index (Phi) is 4.26.